The average Bonchev–Trinajstić information content (AvgIpc) is 2.72. The summed E-state index contributed by atoms with van der Waals surface area (Å²) in [6, 6.07) is 21.8. The smallest absolute Gasteiger partial charge is 0.255 e. The molecule has 0 aliphatic rings. The number of carbonyl (C=O) groups excluding carboxylic acids is 2. The molecule has 0 aliphatic heterocycles. The standard InChI is InChI=1S/C24H22N2O3/c1-17-7-5-10-20(15-17)26-24(28)19-9-6-11-21(16-19)25-23(27)14-13-18-8-3-4-12-22(18)29-2/h3-16H,1-2H3,(H,25,27)(H,26,28)/b14-13+. The molecular weight excluding hydrogens is 364 g/mol. The number of methoxy groups -OCH3 is 1. The lowest BCUT2D eigenvalue weighted by atomic mass is 10.1. The maximum absolute atomic E-state index is 12.5. The maximum atomic E-state index is 12.5. The minimum absolute atomic E-state index is 0.240. The summed E-state index contributed by atoms with van der Waals surface area (Å²) in [6.45, 7) is 1.96. The van der Waals surface area contributed by atoms with E-state index in [1.165, 1.54) is 6.08 Å². The Morgan fingerprint density at radius 2 is 1.59 bits per heavy atom. The highest BCUT2D eigenvalue weighted by Gasteiger charge is 2.08. The van der Waals surface area contributed by atoms with Crippen LogP contribution >= 0.6 is 0 Å². The van der Waals surface area contributed by atoms with Crippen molar-refractivity contribution < 1.29 is 14.3 Å². The molecule has 29 heavy (non-hydrogen) atoms. The van der Waals surface area contributed by atoms with Crippen molar-refractivity contribution in [3.8, 4) is 5.75 Å². The van der Waals surface area contributed by atoms with Gasteiger partial charge in [0.05, 0.1) is 7.11 Å². The van der Waals surface area contributed by atoms with E-state index in [9.17, 15) is 9.59 Å². The fourth-order valence-electron chi connectivity index (χ4n) is 2.82. The molecule has 146 valence electrons. The van der Waals surface area contributed by atoms with Gasteiger partial charge in [-0.2, -0.15) is 0 Å². The molecule has 0 spiro atoms. The third-order valence-electron chi connectivity index (χ3n) is 4.22. The molecule has 0 atom stereocenters. The summed E-state index contributed by atoms with van der Waals surface area (Å²) in [5.41, 5.74) is 3.58. The topological polar surface area (TPSA) is 67.4 Å². The zero-order chi connectivity index (χ0) is 20.6. The summed E-state index contributed by atoms with van der Waals surface area (Å²) < 4.78 is 5.27. The molecule has 5 heteroatoms. The number of amides is 2. The van der Waals surface area contributed by atoms with E-state index >= 15 is 0 Å². The Balaban J connectivity index is 1.66. The van der Waals surface area contributed by atoms with Crippen LogP contribution in [-0.4, -0.2) is 18.9 Å². The van der Waals surface area contributed by atoms with Crippen LogP contribution in [0.1, 0.15) is 21.5 Å². The SMILES string of the molecule is COc1ccccc1/C=C/C(=O)Nc1cccc(C(=O)Nc2cccc(C)c2)c1. The fraction of sp³-hybridized carbons (Fsp3) is 0.0833. The van der Waals surface area contributed by atoms with Gasteiger partial charge in [-0.25, -0.2) is 0 Å². The number of benzene rings is 3. The Hall–Kier alpha value is -3.86. The number of hydrogen-bond donors (Lipinski definition) is 2. The Morgan fingerprint density at radius 3 is 2.34 bits per heavy atom. The molecule has 0 radical (unpaired) electrons. The van der Waals surface area contributed by atoms with Gasteiger partial charge < -0.3 is 15.4 Å². The van der Waals surface area contributed by atoms with Crippen LogP contribution < -0.4 is 15.4 Å². The second-order valence-electron chi connectivity index (χ2n) is 6.47. The van der Waals surface area contributed by atoms with E-state index in [-0.39, 0.29) is 11.8 Å². The molecule has 0 aliphatic carbocycles. The van der Waals surface area contributed by atoms with Gasteiger partial charge in [-0.15, -0.1) is 0 Å². The van der Waals surface area contributed by atoms with E-state index < -0.39 is 0 Å². The van der Waals surface area contributed by atoms with Crippen LogP contribution in [-0.2, 0) is 4.79 Å². The number of para-hydroxylation sites is 1. The van der Waals surface area contributed by atoms with E-state index in [0.717, 1.165) is 16.8 Å². The van der Waals surface area contributed by atoms with Gasteiger partial charge in [0.25, 0.3) is 5.91 Å². The third kappa shape index (κ3) is 5.56. The van der Waals surface area contributed by atoms with E-state index in [1.807, 2.05) is 55.5 Å². The van der Waals surface area contributed by atoms with Crippen molar-refractivity contribution in [3.05, 3.63) is 95.6 Å². The van der Waals surface area contributed by atoms with Crippen LogP contribution in [0, 0.1) is 6.92 Å². The number of hydrogen-bond acceptors (Lipinski definition) is 3. The van der Waals surface area contributed by atoms with Gasteiger partial charge in [0.2, 0.25) is 5.91 Å². The Labute approximate surface area is 170 Å². The van der Waals surface area contributed by atoms with Crippen molar-refractivity contribution >= 4 is 29.3 Å². The van der Waals surface area contributed by atoms with E-state index in [0.29, 0.717) is 17.0 Å². The second kappa shape index (κ2) is 9.37. The van der Waals surface area contributed by atoms with Crippen molar-refractivity contribution in [2.75, 3.05) is 17.7 Å². The molecule has 3 aromatic rings. The van der Waals surface area contributed by atoms with Gasteiger partial charge in [0.15, 0.2) is 0 Å². The molecule has 3 rings (SSSR count). The monoisotopic (exact) mass is 386 g/mol. The predicted molar refractivity (Wildman–Crippen MR) is 116 cm³/mol. The first-order chi connectivity index (χ1) is 14.0. The first-order valence-corrected chi connectivity index (χ1v) is 9.15. The minimum Gasteiger partial charge on any atom is -0.496 e. The Bertz CT molecular complexity index is 1060. The van der Waals surface area contributed by atoms with Gasteiger partial charge >= 0.3 is 0 Å². The quantitative estimate of drug-likeness (QED) is 0.592. The summed E-state index contributed by atoms with van der Waals surface area (Å²) in [5.74, 6) is 0.148. The zero-order valence-electron chi connectivity index (χ0n) is 16.3. The lowest BCUT2D eigenvalue weighted by molar-refractivity contribution is -0.111. The normalized spacial score (nSPS) is 10.6. The first-order valence-electron chi connectivity index (χ1n) is 9.15. The van der Waals surface area contributed by atoms with Crippen molar-refractivity contribution in [2.24, 2.45) is 0 Å². The molecule has 3 aromatic carbocycles. The average molecular weight is 386 g/mol. The molecule has 0 saturated carbocycles. The van der Waals surface area contributed by atoms with E-state index in [2.05, 4.69) is 10.6 Å². The predicted octanol–water partition coefficient (Wildman–Crippen LogP) is 4.91. The van der Waals surface area contributed by atoms with Gasteiger partial charge in [0, 0.05) is 28.6 Å². The molecule has 0 aromatic heterocycles. The molecule has 0 heterocycles. The number of nitrogens with one attached hydrogen (secondary N) is 2. The highest BCUT2D eigenvalue weighted by Crippen LogP contribution is 2.19. The molecule has 0 bridgehead atoms. The summed E-state index contributed by atoms with van der Waals surface area (Å²) in [5, 5.41) is 5.63. The largest absolute Gasteiger partial charge is 0.496 e. The maximum Gasteiger partial charge on any atom is 0.255 e. The van der Waals surface area contributed by atoms with E-state index in [1.54, 1.807) is 37.5 Å². The Kier molecular flexibility index (Phi) is 6.43. The lowest BCUT2D eigenvalue weighted by Gasteiger charge is -2.08. The van der Waals surface area contributed by atoms with Crippen LogP contribution in [0.2, 0.25) is 0 Å². The second-order valence-corrected chi connectivity index (χ2v) is 6.47. The third-order valence-corrected chi connectivity index (χ3v) is 4.22. The molecule has 2 N–H and O–H groups in total. The lowest BCUT2D eigenvalue weighted by Crippen LogP contribution is -2.13. The molecule has 0 unspecified atom stereocenters. The summed E-state index contributed by atoms with van der Waals surface area (Å²) in [4.78, 5) is 24.7. The fourth-order valence-corrected chi connectivity index (χ4v) is 2.82. The van der Waals surface area contributed by atoms with Crippen molar-refractivity contribution in [3.63, 3.8) is 0 Å². The highest BCUT2D eigenvalue weighted by molar-refractivity contribution is 6.06. The van der Waals surface area contributed by atoms with Crippen LogP contribution in [0.25, 0.3) is 6.08 Å². The van der Waals surface area contributed by atoms with Gasteiger partial charge in [0.1, 0.15) is 5.75 Å². The minimum atomic E-state index is -0.299. The van der Waals surface area contributed by atoms with Gasteiger partial charge in [-0.1, -0.05) is 36.4 Å². The zero-order valence-corrected chi connectivity index (χ0v) is 16.3. The van der Waals surface area contributed by atoms with Crippen molar-refractivity contribution in [2.45, 2.75) is 6.92 Å². The molecule has 0 saturated heterocycles. The van der Waals surface area contributed by atoms with Gasteiger partial charge in [-0.3, -0.25) is 9.59 Å². The van der Waals surface area contributed by atoms with E-state index in [4.69, 9.17) is 4.74 Å². The van der Waals surface area contributed by atoms with Crippen molar-refractivity contribution in [1.29, 1.82) is 0 Å². The van der Waals surface area contributed by atoms with Gasteiger partial charge in [-0.05, 0) is 55.0 Å². The molecule has 0 fully saturated rings. The summed E-state index contributed by atoms with van der Waals surface area (Å²) in [6.07, 6.45) is 3.11. The highest BCUT2D eigenvalue weighted by atomic mass is 16.5. The number of ether oxygens (including phenoxy) is 1. The van der Waals surface area contributed by atoms with Crippen LogP contribution in [0.3, 0.4) is 0 Å². The summed E-state index contributed by atoms with van der Waals surface area (Å²) >= 11 is 0. The molecule has 2 amide bonds. The van der Waals surface area contributed by atoms with Crippen LogP contribution in [0.5, 0.6) is 5.75 Å². The Morgan fingerprint density at radius 1 is 0.862 bits per heavy atom. The number of anilines is 2. The molecular formula is C24H22N2O3. The van der Waals surface area contributed by atoms with Crippen LogP contribution in [0.15, 0.2) is 78.9 Å². The summed E-state index contributed by atoms with van der Waals surface area (Å²) in [7, 11) is 1.58. The number of carbonyl (C=O) groups is 2. The number of rotatable bonds is 6. The van der Waals surface area contributed by atoms with Crippen molar-refractivity contribution in [1.82, 2.24) is 0 Å². The van der Waals surface area contributed by atoms with Crippen LogP contribution in [0.4, 0.5) is 11.4 Å². The number of aryl methyl sites for hydroxylation is 1. The molecule has 5 nitrogen and oxygen atoms in total. The first kappa shape index (κ1) is 19.9.